The topological polar surface area (TPSA) is 68.1 Å². The van der Waals surface area contributed by atoms with Crippen molar-refractivity contribution in [3.63, 3.8) is 0 Å². The van der Waals surface area contributed by atoms with E-state index >= 15 is 0 Å². The van der Waals surface area contributed by atoms with Crippen LogP contribution in [0.15, 0.2) is 41.4 Å². The van der Waals surface area contributed by atoms with Crippen molar-refractivity contribution in [2.45, 2.75) is 26.9 Å². The van der Waals surface area contributed by atoms with E-state index in [9.17, 15) is 4.79 Å². The molecule has 0 saturated heterocycles. The van der Waals surface area contributed by atoms with Crippen LogP contribution in [0.2, 0.25) is 0 Å². The molecule has 2 aromatic carbocycles. The van der Waals surface area contributed by atoms with Crippen LogP contribution in [0.4, 0.5) is 5.69 Å². The lowest BCUT2D eigenvalue weighted by molar-refractivity contribution is -0.144. The number of methoxy groups -OCH3 is 1. The van der Waals surface area contributed by atoms with Crippen molar-refractivity contribution < 1.29 is 19.4 Å². The van der Waals surface area contributed by atoms with E-state index in [0.717, 1.165) is 11.3 Å². The fourth-order valence-electron chi connectivity index (χ4n) is 2.24. The zero-order valence-electron chi connectivity index (χ0n) is 14.2. The van der Waals surface area contributed by atoms with Gasteiger partial charge in [-0.2, -0.15) is 0 Å². The molecular formula is C19H21NO4. The summed E-state index contributed by atoms with van der Waals surface area (Å²) >= 11 is 0. The largest absolute Gasteiger partial charge is 0.493 e. The summed E-state index contributed by atoms with van der Waals surface area (Å²) in [6.45, 7) is 5.50. The van der Waals surface area contributed by atoms with Crippen molar-refractivity contribution >= 4 is 17.9 Å². The first kappa shape index (κ1) is 17.5. The van der Waals surface area contributed by atoms with Gasteiger partial charge < -0.3 is 14.6 Å². The highest BCUT2D eigenvalue weighted by molar-refractivity contribution is 5.87. The number of nitrogens with zero attached hydrogens (tertiary/aromatic N) is 1. The smallest absolute Gasteiger partial charge is 0.344 e. The van der Waals surface area contributed by atoms with Crippen LogP contribution in [0.1, 0.15) is 23.6 Å². The van der Waals surface area contributed by atoms with Crippen molar-refractivity contribution in [1.82, 2.24) is 0 Å². The molecule has 2 aromatic rings. The van der Waals surface area contributed by atoms with E-state index in [0.29, 0.717) is 17.1 Å². The van der Waals surface area contributed by atoms with Gasteiger partial charge in [0.2, 0.25) is 0 Å². The summed E-state index contributed by atoms with van der Waals surface area (Å²) in [5, 5.41) is 9.07. The second-order valence-corrected chi connectivity index (χ2v) is 5.53. The summed E-state index contributed by atoms with van der Waals surface area (Å²) in [5.41, 5.74) is 3.74. The minimum absolute atomic E-state index is 0.364. The maximum absolute atomic E-state index is 11.1. The number of ether oxygens (including phenoxy) is 2. The third-order valence-electron chi connectivity index (χ3n) is 3.57. The summed E-state index contributed by atoms with van der Waals surface area (Å²) in [6.07, 6.45) is 0.666. The highest BCUT2D eigenvalue weighted by atomic mass is 16.5. The van der Waals surface area contributed by atoms with Gasteiger partial charge in [-0.1, -0.05) is 23.8 Å². The molecule has 0 aromatic heterocycles. The third kappa shape index (κ3) is 4.13. The Kier molecular flexibility index (Phi) is 5.58. The van der Waals surface area contributed by atoms with E-state index in [1.807, 2.05) is 26.0 Å². The van der Waals surface area contributed by atoms with Crippen LogP contribution in [0.5, 0.6) is 11.5 Å². The summed E-state index contributed by atoms with van der Waals surface area (Å²) in [7, 11) is 1.51. The highest BCUT2D eigenvalue weighted by Gasteiger charge is 2.17. The zero-order chi connectivity index (χ0) is 17.7. The Labute approximate surface area is 141 Å². The van der Waals surface area contributed by atoms with E-state index in [2.05, 4.69) is 11.1 Å². The molecule has 0 aliphatic rings. The number of aryl methyl sites for hydroxylation is 2. The lowest BCUT2D eigenvalue weighted by atomic mass is 10.1. The molecule has 1 atom stereocenters. The molecule has 2 rings (SSSR count). The normalized spacial score (nSPS) is 12.2. The van der Waals surface area contributed by atoms with E-state index in [1.54, 1.807) is 24.4 Å². The molecule has 0 amide bonds. The third-order valence-corrected chi connectivity index (χ3v) is 3.57. The van der Waals surface area contributed by atoms with E-state index in [-0.39, 0.29) is 0 Å². The average molecular weight is 327 g/mol. The van der Waals surface area contributed by atoms with Gasteiger partial charge in [-0.05, 0) is 44.5 Å². The van der Waals surface area contributed by atoms with Crippen molar-refractivity contribution in [2.75, 3.05) is 7.11 Å². The molecule has 0 heterocycles. The van der Waals surface area contributed by atoms with E-state index in [4.69, 9.17) is 14.6 Å². The summed E-state index contributed by atoms with van der Waals surface area (Å²) in [4.78, 5) is 15.6. The first-order chi connectivity index (χ1) is 11.4. The molecule has 0 radical (unpaired) electrons. The van der Waals surface area contributed by atoms with Crippen molar-refractivity contribution in [3.05, 3.63) is 53.1 Å². The summed E-state index contributed by atoms with van der Waals surface area (Å²) in [5.74, 6) is -0.214. The van der Waals surface area contributed by atoms with Gasteiger partial charge in [0.1, 0.15) is 0 Å². The molecule has 0 aliphatic heterocycles. The van der Waals surface area contributed by atoms with Gasteiger partial charge in [0, 0.05) is 11.8 Å². The minimum Gasteiger partial charge on any atom is -0.493 e. The van der Waals surface area contributed by atoms with Crippen LogP contribution in [0, 0.1) is 13.8 Å². The Balaban J connectivity index is 2.38. The average Bonchev–Trinajstić information content (AvgIpc) is 2.54. The predicted molar refractivity (Wildman–Crippen MR) is 93.9 cm³/mol. The fraction of sp³-hybridized carbons (Fsp3) is 0.263. The van der Waals surface area contributed by atoms with E-state index in [1.165, 1.54) is 19.6 Å². The fourth-order valence-corrected chi connectivity index (χ4v) is 2.24. The minimum atomic E-state index is -1.04. The number of hydrogen-bond donors (Lipinski definition) is 1. The van der Waals surface area contributed by atoms with E-state index < -0.39 is 12.1 Å². The van der Waals surface area contributed by atoms with Crippen molar-refractivity contribution in [2.24, 2.45) is 4.99 Å². The zero-order valence-corrected chi connectivity index (χ0v) is 14.2. The van der Waals surface area contributed by atoms with Gasteiger partial charge in [-0.3, -0.25) is 4.99 Å². The molecule has 0 aliphatic carbocycles. The molecular weight excluding hydrogens is 306 g/mol. The number of carbonyl (C=O) groups is 1. The Morgan fingerprint density at radius 2 is 2.00 bits per heavy atom. The Hall–Kier alpha value is -2.82. The molecule has 24 heavy (non-hydrogen) atoms. The van der Waals surface area contributed by atoms with Gasteiger partial charge in [-0.25, -0.2) is 4.79 Å². The standard InChI is InChI=1S/C19H21NO4/c1-12-8-9-16(13(2)10-12)20-11-15-6-5-7-17(23-4)18(15)24-14(3)19(21)22/h5-11,14H,1-4H3,(H,21,22)/t14-/m1/s1. The molecule has 5 heteroatoms. The maximum atomic E-state index is 11.1. The first-order valence-corrected chi connectivity index (χ1v) is 7.60. The Morgan fingerprint density at radius 1 is 1.25 bits per heavy atom. The van der Waals surface area contributed by atoms with Crippen LogP contribution in [0.3, 0.4) is 0 Å². The predicted octanol–water partition coefficient (Wildman–Crippen LogP) is 3.91. The monoisotopic (exact) mass is 327 g/mol. The van der Waals surface area contributed by atoms with Gasteiger partial charge >= 0.3 is 5.97 Å². The SMILES string of the molecule is COc1cccc(C=Nc2ccc(C)cc2C)c1O[C@H](C)C(=O)O. The first-order valence-electron chi connectivity index (χ1n) is 7.60. The van der Waals surface area contributed by atoms with Crippen molar-refractivity contribution in [1.29, 1.82) is 0 Å². The number of para-hydroxylation sites is 1. The molecule has 126 valence electrons. The molecule has 5 nitrogen and oxygen atoms in total. The molecule has 0 spiro atoms. The number of carboxylic acid groups (broad SMARTS) is 1. The number of rotatable bonds is 6. The van der Waals surface area contributed by atoms with Crippen LogP contribution in [0.25, 0.3) is 0 Å². The second-order valence-electron chi connectivity index (χ2n) is 5.53. The number of benzene rings is 2. The lowest BCUT2D eigenvalue weighted by Gasteiger charge is -2.15. The van der Waals surface area contributed by atoms with Gasteiger partial charge in [0.05, 0.1) is 12.8 Å². The number of carboxylic acids is 1. The Bertz CT molecular complexity index is 768. The lowest BCUT2D eigenvalue weighted by Crippen LogP contribution is -2.23. The molecule has 0 unspecified atom stereocenters. The second kappa shape index (κ2) is 7.64. The number of hydrogen-bond acceptors (Lipinski definition) is 4. The quantitative estimate of drug-likeness (QED) is 0.817. The van der Waals surface area contributed by atoms with Gasteiger partial charge in [0.15, 0.2) is 17.6 Å². The molecule has 1 N–H and O–H groups in total. The summed E-state index contributed by atoms with van der Waals surface area (Å²) < 4.78 is 10.8. The molecule has 0 bridgehead atoms. The Morgan fingerprint density at radius 3 is 2.62 bits per heavy atom. The molecule has 0 saturated carbocycles. The van der Waals surface area contributed by atoms with Gasteiger partial charge in [-0.15, -0.1) is 0 Å². The van der Waals surface area contributed by atoms with Crippen LogP contribution < -0.4 is 9.47 Å². The van der Waals surface area contributed by atoms with Gasteiger partial charge in [0.25, 0.3) is 0 Å². The molecule has 0 fully saturated rings. The van der Waals surface area contributed by atoms with Crippen molar-refractivity contribution in [3.8, 4) is 11.5 Å². The number of aliphatic carboxylic acids is 1. The summed E-state index contributed by atoms with van der Waals surface area (Å²) in [6, 6.07) is 11.3. The van der Waals surface area contributed by atoms with Crippen LogP contribution >= 0.6 is 0 Å². The van der Waals surface area contributed by atoms with Crippen LogP contribution in [-0.2, 0) is 4.79 Å². The maximum Gasteiger partial charge on any atom is 0.344 e. The highest BCUT2D eigenvalue weighted by Crippen LogP contribution is 2.31. The number of aliphatic imine (C=N–C) groups is 1. The van der Waals surface area contributed by atoms with Crippen LogP contribution in [-0.4, -0.2) is 30.5 Å².